The van der Waals surface area contributed by atoms with Gasteiger partial charge >= 0.3 is 12.1 Å². The summed E-state index contributed by atoms with van der Waals surface area (Å²) in [5.41, 5.74) is -3.38. The minimum atomic E-state index is -4.98. The van der Waals surface area contributed by atoms with Gasteiger partial charge < -0.3 is 4.74 Å². The van der Waals surface area contributed by atoms with Gasteiger partial charge in [0.15, 0.2) is 0 Å². The fraction of sp³-hybridized carbons (Fsp3) is 0.333. The molecule has 0 aliphatic rings. The maximum atomic E-state index is 12.7. The Morgan fingerprint density at radius 3 is 2.52 bits per heavy atom. The van der Waals surface area contributed by atoms with Crippen LogP contribution in [0, 0.1) is 21.4 Å². The van der Waals surface area contributed by atoms with E-state index in [0.29, 0.717) is 12.1 Å². The summed E-state index contributed by atoms with van der Waals surface area (Å²) in [7, 11) is 0. The smallest absolute Gasteiger partial charge is 0.423 e. The highest BCUT2D eigenvalue weighted by Gasteiger charge is 2.39. The van der Waals surface area contributed by atoms with Gasteiger partial charge in [0, 0.05) is 6.07 Å². The second-order valence-electron chi connectivity index (χ2n) is 3.87. The molecule has 1 aromatic rings. The lowest BCUT2D eigenvalue weighted by Gasteiger charge is -2.10. The van der Waals surface area contributed by atoms with Crippen molar-refractivity contribution in [3.8, 4) is 6.07 Å². The quantitative estimate of drug-likeness (QED) is 0.484. The van der Waals surface area contributed by atoms with Gasteiger partial charge in [0.25, 0.3) is 5.69 Å². The first-order valence-electron chi connectivity index (χ1n) is 5.65. The van der Waals surface area contributed by atoms with Crippen LogP contribution in [0.2, 0.25) is 0 Å². The monoisotopic (exact) mass is 302 g/mol. The molecule has 0 unspecified atom stereocenters. The van der Waals surface area contributed by atoms with E-state index in [-0.39, 0.29) is 12.2 Å². The number of nitriles is 1. The first kappa shape index (κ1) is 16.4. The molecule has 0 bridgehead atoms. The summed E-state index contributed by atoms with van der Waals surface area (Å²) in [5.74, 6) is -0.789. The van der Waals surface area contributed by atoms with E-state index >= 15 is 0 Å². The molecule has 0 radical (unpaired) electrons. The van der Waals surface area contributed by atoms with E-state index < -0.39 is 40.3 Å². The molecule has 0 aliphatic heterocycles. The van der Waals surface area contributed by atoms with E-state index in [4.69, 9.17) is 5.26 Å². The summed E-state index contributed by atoms with van der Waals surface area (Å²) in [6.07, 6.45) is -5.49. The van der Waals surface area contributed by atoms with Crippen molar-refractivity contribution in [3.63, 3.8) is 0 Å². The fourth-order valence-corrected chi connectivity index (χ4v) is 1.63. The van der Waals surface area contributed by atoms with Crippen LogP contribution in [0.25, 0.3) is 0 Å². The number of nitro benzene ring substituents is 1. The van der Waals surface area contributed by atoms with E-state index in [1.807, 2.05) is 0 Å². The van der Waals surface area contributed by atoms with Crippen molar-refractivity contribution in [1.29, 1.82) is 5.26 Å². The zero-order chi connectivity index (χ0) is 16.2. The molecular weight excluding hydrogens is 293 g/mol. The van der Waals surface area contributed by atoms with E-state index in [2.05, 4.69) is 4.74 Å². The van der Waals surface area contributed by atoms with Crippen LogP contribution in [0.1, 0.15) is 23.6 Å². The molecule has 0 aromatic heterocycles. The largest absolute Gasteiger partial charge is 0.466 e. The number of ether oxygens (including phenoxy) is 1. The lowest BCUT2D eigenvalue weighted by molar-refractivity contribution is -0.388. The zero-order valence-corrected chi connectivity index (χ0v) is 10.7. The number of rotatable bonds is 4. The minimum Gasteiger partial charge on any atom is -0.466 e. The highest BCUT2D eigenvalue weighted by molar-refractivity contribution is 5.74. The standard InChI is InChI=1S/C12H9F3N2O4/c1-2-21-11(18)5-7-4-10(17(19)20)9(12(13,14)15)3-8(7)6-16/h3-4H,2,5H2,1H3. The van der Waals surface area contributed by atoms with Gasteiger partial charge in [-0.3, -0.25) is 14.9 Å². The van der Waals surface area contributed by atoms with Crippen molar-refractivity contribution in [2.75, 3.05) is 6.61 Å². The van der Waals surface area contributed by atoms with Gasteiger partial charge in [0.2, 0.25) is 0 Å². The van der Waals surface area contributed by atoms with Crippen molar-refractivity contribution < 1.29 is 27.6 Å². The zero-order valence-electron chi connectivity index (χ0n) is 10.7. The second-order valence-corrected chi connectivity index (χ2v) is 3.87. The Bertz CT molecular complexity index is 620. The Balaban J connectivity index is 3.41. The molecule has 9 heteroatoms. The minimum absolute atomic E-state index is 0.0451. The molecule has 0 heterocycles. The normalized spacial score (nSPS) is 10.8. The highest BCUT2D eigenvalue weighted by atomic mass is 19.4. The molecular formula is C12H9F3N2O4. The van der Waals surface area contributed by atoms with Gasteiger partial charge in [-0.05, 0) is 18.6 Å². The van der Waals surface area contributed by atoms with Gasteiger partial charge in [-0.2, -0.15) is 18.4 Å². The number of hydrogen-bond acceptors (Lipinski definition) is 5. The Morgan fingerprint density at radius 1 is 1.48 bits per heavy atom. The topological polar surface area (TPSA) is 93.2 Å². The summed E-state index contributed by atoms with van der Waals surface area (Å²) in [6.45, 7) is 1.57. The van der Waals surface area contributed by atoms with Gasteiger partial charge in [-0.1, -0.05) is 0 Å². The van der Waals surface area contributed by atoms with Crippen LogP contribution in [-0.4, -0.2) is 17.5 Å². The number of benzene rings is 1. The molecule has 0 amide bonds. The molecule has 0 aliphatic carbocycles. The number of nitro groups is 1. The number of nitrogens with zero attached hydrogens (tertiary/aromatic N) is 2. The molecule has 0 spiro atoms. The van der Waals surface area contributed by atoms with Crippen molar-refractivity contribution in [3.05, 3.63) is 38.9 Å². The lowest BCUT2D eigenvalue weighted by atomic mass is 10.00. The molecule has 1 aromatic carbocycles. The molecule has 0 N–H and O–H groups in total. The van der Waals surface area contributed by atoms with Gasteiger partial charge in [-0.15, -0.1) is 0 Å². The van der Waals surface area contributed by atoms with Crippen molar-refractivity contribution in [2.45, 2.75) is 19.5 Å². The molecule has 112 valence electrons. The predicted molar refractivity (Wildman–Crippen MR) is 63.2 cm³/mol. The second kappa shape index (κ2) is 6.21. The molecule has 0 fully saturated rings. The van der Waals surface area contributed by atoms with Crippen LogP contribution in [0.15, 0.2) is 12.1 Å². The van der Waals surface area contributed by atoms with Gasteiger partial charge in [0.1, 0.15) is 5.56 Å². The molecule has 1 rings (SSSR count). The lowest BCUT2D eigenvalue weighted by Crippen LogP contribution is -2.13. The Hall–Kier alpha value is -2.63. The van der Waals surface area contributed by atoms with Crippen LogP contribution < -0.4 is 0 Å². The van der Waals surface area contributed by atoms with Gasteiger partial charge in [0.05, 0.1) is 29.6 Å². The van der Waals surface area contributed by atoms with Crippen molar-refractivity contribution >= 4 is 11.7 Å². The first-order valence-corrected chi connectivity index (χ1v) is 5.65. The first-order chi connectivity index (χ1) is 9.70. The van der Waals surface area contributed by atoms with Crippen LogP contribution in [0.5, 0.6) is 0 Å². The van der Waals surface area contributed by atoms with E-state index in [0.717, 1.165) is 0 Å². The molecule has 21 heavy (non-hydrogen) atoms. The summed E-state index contributed by atoms with van der Waals surface area (Å²) < 4.78 is 42.8. The summed E-state index contributed by atoms with van der Waals surface area (Å²) in [4.78, 5) is 20.8. The third-order valence-electron chi connectivity index (χ3n) is 2.48. The van der Waals surface area contributed by atoms with E-state index in [1.54, 1.807) is 0 Å². The van der Waals surface area contributed by atoms with E-state index in [1.165, 1.54) is 13.0 Å². The number of hydrogen-bond donors (Lipinski definition) is 0. The number of halogens is 3. The number of alkyl halides is 3. The number of esters is 1. The van der Waals surface area contributed by atoms with Crippen molar-refractivity contribution in [1.82, 2.24) is 0 Å². The van der Waals surface area contributed by atoms with Gasteiger partial charge in [-0.25, -0.2) is 0 Å². The summed E-state index contributed by atoms with van der Waals surface area (Å²) >= 11 is 0. The summed E-state index contributed by atoms with van der Waals surface area (Å²) in [6, 6.07) is 2.44. The van der Waals surface area contributed by atoms with Crippen LogP contribution >= 0.6 is 0 Å². The predicted octanol–water partition coefficient (Wildman–Crippen LogP) is 2.59. The third-order valence-corrected chi connectivity index (χ3v) is 2.48. The molecule has 0 saturated carbocycles. The Kier molecular flexibility index (Phi) is 4.86. The SMILES string of the molecule is CCOC(=O)Cc1cc([N+](=O)[O-])c(C(F)(F)F)cc1C#N. The molecule has 6 nitrogen and oxygen atoms in total. The number of carbonyl (C=O) groups is 1. The Morgan fingerprint density at radius 2 is 2.10 bits per heavy atom. The van der Waals surface area contributed by atoms with Crippen LogP contribution in [0.4, 0.5) is 18.9 Å². The average Bonchev–Trinajstić information content (AvgIpc) is 2.37. The van der Waals surface area contributed by atoms with Crippen molar-refractivity contribution in [2.24, 2.45) is 0 Å². The third kappa shape index (κ3) is 3.92. The van der Waals surface area contributed by atoms with Crippen LogP contribution in [-0.2, 0) is 22.1 Å². The van der Waals surface area contributed by atoms with Crippen LogP contribution in [0.3, 0.4) is 0 Å². The summed E-state index contributed by atoms with van der Waals surface area (Å²) in [5, 5.41) is 19.6. The molecule has 0 atom stereocenters. The highest BCUT2D eigenvalue weighted by Crippen LogP contribution is 2.37. The maximum absolute atomic E-state index is 12.7. The fourth-order valence-electron chi connectivity index (χ4n) is 1.63. The average molecular weight is 302 g/mol. The van der Waals surface area contributed by atoms with E-state index in [9.17, 15) is 28.1 Å². The number of carbonyl (C=O) groups excluding carboxylic acids is 1. The Labute approximate surface area is 116 Å². The maximum Gasteiger partial charge on any atom is 0.423 e. The molecule has 0 saturated heterocycles.